The van der Waals surface area contributed by atoms with Gasteiger partial charge in [0.25, 0.3) is 5.91 Å². The van der Waals surface area contributed by atoms with Gasteiger partial charge in [0.1, 0.15) is 5.54 Å². The van der Waals surface area contributed by atoms with E-state index in [0.29, 0.717) is 17.9 Å². The Labute approximate surface area is 162 Å². The zero-order chi connectivity index (χ0) is 20.5. The van der Waals surface area contributed by atoms with Crippen LogP contribution in [0, 0.1) is 18.3 Å². The standard InChI is InChI=1S/C18H15F3N4O2S/c1-11-7-14(26)15(16(27)23-17(9-22)5-6-28-10-17)24-25(11)13-4-2-3-12(8-13)18(19,20)21/h2-4,7-8H,5-6,10H2,1H3,(H,23,27). The lowest BCUT2D eigenvalue weighted by atomic mass is 10.0. The van der Waals surface area contributed by atoms with Crippen molar-refractivity contribution in [2.24, 2.45) is 0 Å². The Morgan fingerprint density at radius 3 is 2.75 bits per heavy atom. The van der Waals surface area contributed by atoms with Gasteiger partial charge in [0, 0.05) is 17.5 Å². The number of nitrogens with zero attached hydrogens (tertiary/aromatic N) is 3. The molecule has 0 radical (unpaired) electrons. The summed E-state index contributed by atoms with van der Waals surface area (Å²) in [7, 11) is 0. The topological polar surface area (TPSA) is 87.8 Å². The number of hydrogen-bond donors (Lipinski definition) is 1. The Bertz CT molecular complexity index is 1020. The first kappa shape index (κ1) is 19.9. The van der Waals surface area contributed by atoms with Gasteiger partial charge in [-0.3, -0.25) is 9.59 Å². The zero-order valence-electron chi connectivity index (χ0n) is 14.7. The summed E-state index contributed by atoms with van der Waals surface area (Å²) in [6.07, 6.45) is -4.10. The van der Waals surface area contributed by atoms with Gasteiger partial charge in [-0.2, -0.15) is 35.3 Å². The third-order valence-electron chi connectivity index (χ3n) is 4.33. The van der Waals surface area contributed by atoms with Crippen LogP contribution in [-0.2, 0) is 6.18 Å². The van der Waals surface area contributed by atoms with Crippen molar-refractivity contribution in [3.63, 3.8) is 0 Å². The van der Waals surface area contributed by atoms with Gasteiger partial charge in [-0.05, 0) is 37.3 Å². The minimum atomic E-state index is -4.54. The number of alkyl halides is 3. The molecule has 2 heterocycles. The minimum absolute atomic E-state index is 0.0628. The summed E-state index contributed by atoms with van der Waals surface area (Å²) in [5.41, 5.74) is -2.77. The number of aryl methyl sites for hydroxylation is 1. The minimum Gasteiger partial charge on any atom is -0.331 e. The fraction of sp³-hybridized carbons (Fsp3) is 0.333. The number of nitrogens with one attached hydrogen (secondary N) is 1. The average Bonchev–Trinajstić information content (AvgIpc) is 3.10. The van der Waals surface area contributed by atoms with Gasteiger partial charge in [0.05, 0.1) is 17.3 Å². The van der Waals surface area contributed by atoms with Crippen molar-refractivity contribution < 1.29 is 18.0 Å². The molecule has 1 aliphatic rings. The summed E-state index contributed by atoms with van der Waals surface area (Å²) in [5, 5.41) is 15.9. The van der Waals surface area contributed by atoms with Gasteiger partial charge >= 0.3 is 6.18 Å². The van der Waals surface area contributed by atoms with Crippen LogP contribution in [0.1, 0.15) is 28.2 Å². The molecule has 2 aromatic rings. The number of aromatic nitrogens is 2. The molecule has 0 bridgehead atoms. The fourth-order valence-electron chi connectivity index (χ4n) is 2.84. The number of carbonyl (C=O) groups is 1. The molecular weight excluding hydrogens is 393 g/mol. The Balaban J connectivity index is 2.01. The first-order valence-electron chi connectivity index (χ1n) is 8.25. The number of rotatable bonds is 3. The number of amides is 1. The smallest absolute Gasteiger partial charge is 0.331 e. The second-order valence-electron chi connectivity index (χ2n) is 6.41. The second-order valence-corrected chi connectivity index (χ2v) is 7.51. The normalized spacial score (nSPS) is 19.2. The third kappa shape index (κ3) is 3.89. The van der Waals surface area contributed by atoms with E-state index in [1.807, 2.05) is 0 Å². The molecule has 1 saturated heterocycles. The van der Waals surface area contributed by atoms with Crippen molar-refractivity contribution in [3.8, 4) is 11.8 Å². The molecule has 3 rings (SSSR count). The molecule has 6 nitrogen and oxygen atoms in total. The van der Waals surface area contributed by atoms with Crippen molar-refractivity contribution in [1.82, 2.24) is 15.1 Å². The van der Waals surface area contributed by atoms with Crippen molar-refractivity contribution in [1.29, 1.82) is 5.26 Å². The van der Waals surface area contributed by atoms with E-state index in [4.69, 9.17) is 0 Å². The van der Waals surface area contributed by atoms with Crippen LogP contribution in [0.2, 0.25) is 0 Å². The van der Waals surface area contributed by atoms with Crippen LogP contribution in [0.5, 0.6) is 0 Å². The highest BCUT2D eigenvalue weighted by Gasteiger charge is 2.37. The number of carbonyl (C=O) groups excluding carboxylic acids is 1. The van der Waals surface area contributed by atoms with E-state index in [0.717, 1.165) is 22.9 Å². The van der Waals surface area contributed by atoms with Crippen molar-refractivity contribution >= 4 is 17.7 Å². The number of benzene rings is 1. The Kier molecular flexibility index (Phi) is 5.21. The quantitative estimate of drug-likeness (QED) is 0.844. The van der Waals surface area contributed by atoms with Crippen LogP contribution in [0.4, 0.5) is 13.2 Å². The Morgan fingerprint density at radius 2 is 2.14 bits per heavy atom. The zero-order valence-corrected chi connectivity index (χ0v) is 15.5. The van der Waals surface area contributed by atoms with Crippen molar-refractivity contribution in [2.75, 3.05) is 11.5 Å². The number of thioether (sulfide) groups is 1. The lowest BCUT2D eigenvalue weighted by Gasteiger charge is -2.21. The molecule has 1 atom stereocenters. The summed E-state index contributed by atoms with van der Waals surface area (Å²) in [5.74, 6) is 0.266. The van der Waals surface area contributed by atoms with Crippen molar-refractivity contribution in [2.45, 2.75) is 25.1 Å². The van der Waals surface area contributed by atoms with Gasteiger partial charge in [-0.25, -0.2) is 4.68 Å². The van der Waals surface area contributed by atoms with Crippen LogP contribution >= 0.6 is 11.8 Å². The van der Waals surface area contributed by atoms with Crippen LogP contribution in [-0.4, -0.2) is 32.7 Å². The van der Waals surface area contributed by atoms with Gasteiger partial charge in [-0.15, -0.1) is 0 Å². The van der Waals surface area contributed by atoms with Gasteiger partial charge < -0.3 is 5.32 Å². The molecular formula is C18H15F3N4O2S. The third-order valence-corrected chi connectivity index (χ3v) is 5.52. The predicted molar refractivity (Wildman–Crippen MR) is 97.3 cm³/mol. The maximum absolute atomic E-state index is 13.0. The highest BCUT2D eigenvalue weighted by Crippen LogP contribution is 2.30. The maximum Gasteiger partial charge on any atom is 0.416 e. The molecule has 1 aliphatic heterocycles. The number of hydrogen-bond acceptors (Lipinski definition) is 5. The van der Waals surface area contributed by atoms with Gasteiger partial charge in [-0.1, -0.05) is 6.07 Å². The molecule has 1 aromatic heterocycles. The van der Waals surface area contributed by atoms with E-state index in [1.54, 1.807) is 0 Å². The van der Waals surface area contributed by atoms with E-state index in [2.05, 4.69) is 16.5 Å². The second kappa shape index (κ2) is 7.31. The molecule has 1 N–H and O–H groups in total. The number of nitriles is 1. The summed E-state index contributed by atoms with van der Waals surface area (Å²) in [4.78, 5) is 24.8. The first-order valence-corrected chi connectivity index (χ1v) is 9.41. The van der Waals surface area contributed by atoms with E-state index >= 15 is 0 Å². The largest absolute Gasteiger partial charge is 0.416 e. The summed E-state index contributed by atoms with van der Waals surface area (Å²) in [6, 6.07) is 7.61. The Morgan fingerprint density at radius 1 is 1.39 bits per heavy atom. The molecule has 0 spiro atoms. The van der Waals surface area contributed by atoms with E-state index < -0.39 is 34.3 Å². The lowest BCUT2D eigenvalue weighted by molar-refractivity contribution is -0.137. The molecule has 10 heteroatoms. The highest BCUT2D eigenvalue weighted by atomic mass is 32.2. The van der Waals surface area contributed by atoms with Gasteiger partial charge in [0.15, 0.2) is 5.69 Å². The molecule has 146 valence electrons. The molecule has 0 aliphatic carbocycles. The van der Waals surface area contributed by atoms with Crippen LogP contribution in [0.3, 0.4) is 0 Å². The van der Waals surface area contributed by atoms with Crippen LogP contribution < -0.4 is 10.7 Å². The average molecular weight is 408 g/mol. The monoisotopic (exact) mass is 408 g/mol. The number of halogens is 3. The molecule has 1 aromatic carbocycles. The molecule has 1 fully saturated rings. The molecule has 0 saturated carbocycles. The molecule has 28 heavy (non-hydrogen) atoms. The summed E-state index contributed by atoms with van der Waals surface area (Å²) < 4.78 is 40.1. The van der Waals surface area contributed by atoms with Crippen LogP contribution in [0.15, 0.2) is 35.1 Å². The summed E-state index contributed by atoms with van der Waals surface area (Å²) >= 11 is 1.51. The first-order chi connectivity index (χ1) is 13.1. The van der Waals surface area contributed by atoms with Crippen LogP contribution in [0.25, 0.3) is 5.69 Å². The lowest BCUT2D eigenvalue weighted by Crippen LogP contribution is -2.49. The van der Waals surface area contributed by atoms with E-state index in [9.17, 15) is 28.0 Å². The Hall–Kier alpha value is -2.80. The summed E-state index contributed by atoms with van der Waals surface area (Å²) in [6.45, 7) is 1.50. The van der Waals surface area contributed by atoms with E-state index in [1.165, 1.54) is 30.8 Å². The maximum atomic E-state index is 13.0. The molecule has 1 unspecified atom stereocenters. The highest BCUT2D eigenvalue weighted by molar-refractivity contribution is 7.99. The SMILES string of the molecule is Cc1cc(=O)c(C(=O)NC2(C#N)CCSC2)nn1-c1cccc(C(F)(F)F)c1. The van der Waals surface area contributed by atoms with E-state index in [-0.39, 0.29) is 11.4 Å². The van der Waals surface area contributed by atoms with Crippen molar-refractivity contribution in [3.05, 3.63) is 57.5 Å². The van der Waals surface area contributed by atoms with Gasteiger partial charge in [0.2, 0.25) is 5.43 Å². The molecule has 1 amide bonds. The fourth-order valence-corrected chi connectivity index (χ4v) is 4.10. The predicted octanol–water partition coefficient (Wildman–Crippen LogP) is 2.69.